The van der Waals surface area contributed by atoms with Crippen molar-refractivity contribution in [3.05, 3.63) is 81.3 Å². The standard InChI is InChI=1S/C20H14N2O5/c23-15-9-21-14(18(25)19(15)26)8-22-20(27)13-7-3-6-11-10-4-1-2-5-12(10)17(24)16(11)13/h1-7,9,23,25H,8H2,(H,21,26)(H,22,27). The van der Waals surface area contributed by atoms with E-state index in [1.165, 1.54) is 0 Å². The van der Waals surface area contributed by atoms with Crippen LogP contribution in [-0.4, -0.2) is 26.9 Å². The Kier molecular flexibility index (Phi) is 3.77. The zero-order valence-electron chi connectivity index (χ0n) is 13.9. The van der Waals surface area contributed by atoms with Crippen molar-refractivity contribution in [1.82, 2.24) is 10.3 Å². The number of benzene rings is 2. The van der Waals surface area contributed by atoms with Gasteiger partial charge in [0, 0.05) is 17.3 Å². The van der Waals surface area contributed by atoms with E-state index < -0.39 is 22.8 Å². The van der Waals surface area contributed by atoms with Crippen LogP contribution in [-0.2, 0) is 6.54 Å². The van der Waals surface area contributed by atoms with E-state index in [2.05, 4.69) is 10.3 Å². The first-order valence-corrected chi connectivity index (χ1v) is 8.17. The first-order chi connectivity index (χ1) is 13.0. The topological polar surface area (TPSA) is 119 Å². The minimum absolute atomic E-state index is 0.0494. The van der Waals surface area contributed by atoms with Gasteiger partial charge in [-0.2, -0.15) is 0 Å². The van der Waals surface area contributed by atoms with E-state index in [1.807, 2.05) is 12.1 Å². The molecule has 134 valence electrons. The van der Waals surface area contributed by atoms with Crippen LogP contribution in [0.2, 0.25) is 0 Å². The van der Waals surface area contributed by atoms with Crippen LogP contribution < -0.4 is 10.7 Å². The highest BCUT2D eigenvalue weighted by Crippen LogP contribution is 2.38. The molecule has 0 spiro atoms. The predicted molar refractivity (Wildman–Crippen MR) is 96.9 cm³/mol. The summed E-state index contributed by atoms with van der Waals surface area (Å²) >= 11 is 0. The Hall–Kier alpha value is -3.87. The van der Waals surface area contributed by atoms with Gasteiger partial charge in [-0.05, 0) is 17.2 Å². The molecule has 1 aromatic heterocycles. The lowest BCUT2D eigenvalue weighted by atomic mass is 10.0. The molecule has 7 nitrogen and oxygen atoms in total. The van der Waals surface area contributed by atoms with Crippen molar-refractivity contribution in [2.75, 3.05) is 0 Å². The van der Waals surface area contributed by atoms with Gasteiger partial charge in [-0.25, -0.2) is 0 Å². The maximum absolute atomic E-state index is 12.7. The van der Waals surface area contributed by atoms with Crippen LogP contribution in [0.4, 0.5) is 0 Å². The Morgan fingerprint density at radius 2 is 1.67 bits per heavy atom. The fourth-order valence-electron chi connectivity index (χ4n) is 3.21. The van der Waals surface area contributed by atoms with E-state index in [1.54, 1.807) is 30.3 Å². The molecule has 1 aliphatic carbocycles. The van der Waals surface area contributed by atoms with Crippen LogP contribution in [0.5, 0.6) is 11.5 Å². The van der Waals surface area contributed by atoms with E-state index in [4.69, 9.17) is 0 Å². The van der Waals surface area contributed by atoms with Crippen molar-refractivity contribution in [3.8, 4) is 22.6 Å². The highest BCUT2D eigenvalue weighted by atomic mass is 16.3. The van der Waals surface area contributed by atoms with Crippen molar-refractivity contribution >= 4 is 11.7 Å². The Morgan fingerprint density at radius 3 is 2.44 bits per heavy atom. The number of fused-ring (bicyclic) bond motifs is 3. The van der Waals surface area contributed by atoms with Crippen LogP contribution in [0.25, 0.3) is 11.1 Å². The maximum Gasteiger partial charge on any atom is 0.264 e. The van der Waals surface area contributed by atoms with Crippen molar-refractivity contribution < 1.29 is 19.8 Å². The summed E-state index contributed by atoms with van der Waals surface area (Å²) in [6.45, 7) is -0.176. The molecular weight excluding hydrogens is 348 g/mol. The fraction of sp³-hybridized carbons (Fsp3) is 0.0500. The molecule has 4 N–H and O–H groups in total. The van der Waals surface area contributed by atoms with Crippen LogP contribution in [0.1, 0.15) is 32.0 Å². The number of aromatic amines is 1. The number of nitrogens with one attached hydrogen (secondary N) is 2. The summed E-state index contributed by atoms with van der Waals surface area (Å²) in [4.78, 5) is 39.5. The first-order valence-electron chi connectivity index (χ1n) is 8.17. The zero-order valence-corrected chi connectivity index (χ0v) is 13.9. The number of aromatic hydroxyl groups is 2. The van der Waals surface area contributed by atoms with Gasteiger partial charge in [-0.1, -0.05) is 36.4 Å². The molecule has 0 aliphatic heterocycles. The van der Waals surface area contributed by atoms with E-state index >= 15 is 0 Å². The minimum Gasteiger partial charge on any atom is -0.503 e. The van der Waals surface area contributed by atoms with Crippen LogP contribution in [0.3, 0.4) is 0 Å². The third-order valence-electron chi connectivity index (χ3n) is 4.54. The normalized spacial score (nSPS) is 11.8. The number of H-pyrrole nitrogens is 1. The summed E-state index contributed by atoms with van der Waals surface area (Å²) in [7, 11) is 0. The molecule has 0 radical (unpaired) electrons. The molecule has 0 saturated carbocycles. The third-order valence-corrected chi connectivity index (χ3v) is 4.54. The van der Waals surface area contributed by atoms with E-state index in [0.29, 0.717) is 16.7 Å². The average molecular weight is 362 g/mol. The van der Waals surface area contributed by atoms with E-state index in [0.717, 1.165) is 11.8 Å². The van der Waals surface area contributed by atoms with Gasteiger partial charge in [0.25, 0.3) is 11.3 Å². The van der Waals surface area contributed by atoms with Gasteiger partial charge in [0.2, 0.25) is 0 Å². The fourth-order valence-corrected chi connectivity index (χ4v) is 3.21. The van der Waals surface area contributed by atoms with Gasteiger partial charge in [-0.3, -0.25) is 14.4 Å². The minimum atomic E-state index is -0.927. The maximum atomic E-state index is 12.7. The van der Waals surface area contributed by atoms with Crippen molar-refractivity contribution in [2.24, 2.45) is 0 Å². The Morgan fingerprint density at radius 1 is 0.963 bits per heavy atom. The number of carbonyl (C=O) groups excluding carboxylic acids is 2. The summed E-state index contributed by atoms with van der Waals surface area (Å²) in [5.74, 6) is -2.02. The summed E-state index contributed by atoms with van der Waals surface area (Å²) in [6, 6.07) is 12.2. The molecule has 0 bridgehead atoms. The molecule has 1 aliphatic rings. The summed E-state index contributed by atoms with van der Waals surface area (Å²) < 4.78 is 0. The molecule has 0 atom stereocenters. The third kappa shape index (κ3) is 2.56. The second-order valence-corrected chi connectivity index (χ2v) is 6.12. The molecule has 4 rings (SSSR count). The average Bonchev–Trinajstić information content (AvgIpc) is 2.98. The Bertz CT molecular complexity index is 1160. The molecule has 3 aromatic rings. The van der Waals surface area contributed by atoms with Crippen molar-refractivity contribution in [1.29, 1.82) is 0 Å². The van der Waals surface area contributed by atoms with Gasteiger partial charge < -0.3 is 20.5 Å². The molecule has 27 heavy (non-hydrogen) atoms. The highest BCUT2D eigenvalue weighted by molar-refractivity contribution is 6.25. The Labute approximate surface area is 152 Å². The number of carbonyl (C=O) groups is 2. The summed E-state index contributed by atoms with van der Waals surface area (Å²) in [5, 5.41) is 21.6. The van der Waals surface area contributed by atoms with Crippen LogP contribution >= 0.6 is 0 Å². The summed E-state index contributed by atoms with van der Waals surface area (Å²) in [6.07, 6.45) is 1.03. The molecule has 0 saturated heterocycles. The molecule has 7 heteroatoms. The lowest BCUT2D eigenvalue weighted by molar-refractivity contribution is 0.0940. The quantitative estimate of drug-likeness (QED) is 0.444. The number of hydrogen-bond donors (Lipinski definition) is 4. The smallest absolute Gasteiger partial charge is 0.264 e. The number of hydrogen-bond acceptors (Lipinski definition) is 5. The Balaban J connectivity index is 1.65. The number of pyridine rings is 1. The largest absolute Gasteiger partial charge is 0.503 e. The molecule has 0 unspecified atom stereocenters. The monoisotopic (exact) mass is 362 g/mol. The number of ketones is 1. The van der Waals surface area contributed by atoms with E-state index in [-0.39, 0.29) is 23.6 Å². The lowest BCUT2D eigenvalue weighted by Gasteiger charge is -2.10. The van der Waals surface area contributed by atoms with Crippen molar-refractivity contribution in [2.45, 2.75) is 6.54 Å². The van der Waals surface area contributed by atoms with Crippen LogP contribution in [0, 0.1) is 0 Å². The molecular formula is C20H14N2O5. The number of amides is 1. The second-order valence-electron chi connectivity index (χ2n) is 6.12. The highest BCUT2D eigenvalue weighted by Gasteiger charge is 2.30. The number of rotatable bonds is 3. The molecule has 1 heterocycles. The van der Waals surface area contributed by atoms with Crippen molar-refractivity contribution in [3.63, 3.8) is 0 Å². The lowest BCUT2D eigenvalue weighted by Crippen LogP contribution is -2.25. The molecule has 2 aromatic carbocycles. The van der Waals surface area contributed by atoms with Gasteiger partial charge in [0.1, 0.15) is 0 Å². The SMILES string of the molecule is O=C(NCc1[nH]cc(O)c(=O)c1O)c1cccc2c1C(=O)c1ccccc1-2. The van der Waals surface area contributed by atoms with E-state index in [9.17, 15) is 24.6 Å². The van der Waals surface area contributed by atoms with Gasteiger partial charge in [0.05, 0.1) is 17.8 Å². The predicted octanol–water partition coefficient (Wildman–Crippen LogP) is 1.93. The zero-order chi connectivity index (χ0) is 19.1. The second kappa shape index (κ2) is 6.14. The first kappa shape index (κ1) is 16.6. The van der Waals surface area contributed by atoms with Gasteiger partial charge in [0.15, 0.2) is 17.3 Å². The molecule has 0 fully saturated rings. The summed E-state index contributed by atoms with van der Waals surface area (Å²) in [5.41, 5.74) is 1.71. The van der Waals surface area contributed by atoms with Gasteiger partial charge in [-0.15, -0.1) is 0 Å². The number of aromatic nitrogens is 1. The molecule has 1 amide bonds. The van der Waals surface area contributed by atoms with Crippen LogP contribution in [0.15, 0.2) is 53.5 Å². The van der Waals surface area contributed by atoms with Gasteiger partial charge >= 0.3 is 0 Å².